The average Bonchev–Trinajstić information content (AvgIpc) is 1.64. The lowest BCUT2D eigenvalue weighted by atomic mass is 10.0. The van der Waals surface area contributed by atoms with Gasteiger partial charge in [0.1, 0.15) is 5.75 Å². The highest BCUT2D eigenvalue weighted by atomic mass is 16.3. The van der Waals surface area contributed by atoms with Gasteiger partial charge in [0, 0.05) is 6.20 Å². The first-order chi connectivity index (χ1) is 3.79. The van der Waals surface area contributed by atoms with Crippen LogP contribution in [0.2, 0.25) is 0 Å². The highest BCUT2D eigenvalue weighted by molar-refractivity contribution is 6.30. The van der Waals surface area contributed by atoms with E-state index in [1.54, 1.807) is 18.3 Å². The Labute approximate surface area is 48.6 Å². The summed E-state index contributed by atoms with van der Waals surface area (Å²) in [6, 6.07) is 3.16. The van der Waals surface area contributed by atoms with E-state index in [1.807, 2.05) is 7.85 Å². The van der Waals surface area contributed by atoms with Gasteiger partial charge in [-0.15, -0.1) is 0 Å². The standard InChI is InChI=1S/C5H6BNO/c6-5-3-4(8)1-2-7-5/h1-3H,6H2,(H,7,8). The molecule has 0 amide bonds. The van der Waals surface area contributed by atoms with Crippen molar-refractivity contribution in [1.82, 2.24) is 4.98 Å². The van der Waals surface area contributed by atoms with E-state index in [1.165, 1.54) is 0 Å². The fourth-order valence-corrected chi connectivity index (χ4v) is 0.531. The van der Waals surface area contributed by atoms with Crippen LogP contribution in [-0.2, 0) is 0 Å². The summed E-state index contributed by atoms with van der Waals surface area (Å²) < 4.78 is 0. The summed E-state index contributed by atoms with van der Waals surface area (Å²) in [7, 11) is 1.83. The quantitative estimate of drug-likeness (QED) is 0.433. The summed E-state index contributed by atoms with van der Waals surface area (Å²) in [4.78, 5) is 3.88. The zero-order valence-corrected chi connectivity index (χ0v) is 4.63. The average molecular weight is 107 g/mol. The first-order valence-corrected chi connectivity index (χ1v) is 2.40. The van der Waals surface area contributed by atoms with E-state index in [2.05, 4.69) is 4.98 Å². The Morgan fingerprint density at radius 3 is 2.75 bits per heavy atom. The van der Waals surface area contributed by atoms with Crippen molar-refractivity contribution in [2.24, 2.45) is 0 Å². The molecule has 1 aromatic heterocycles. The Kier molecular flexibility index (Phi) is 1.20. The van der Waals surface area contributed by atoms with Crippen LogP contribution in [0.5, 0.6) is 5.75 Å². The maximum absolute atomic E-state index is 8.77. The molecule has 0 saturated carbocycles. The fraction of sp³-hybridized carbons (Fsp3) is 0. The van der Waals surface area contributed by atoms with Crippen LogP contribution < -0.4 is 5.59 Å². The molecule has 1 rings (SSSR count). The lowest BCUT2D eigenvalue weighted by Gasteiger charge is -1.89. The maximum atomic E-state index is 8.77. The molecule has 0 radical (unpaired) electrons. The topological polar surface area (TPSA) is 33.1 Å². The summed E-state index contributed by atoms with van der Waals surface area (Å²) in [5.41, 5.74) is 0.838. The number of hydrogen-bond acceptors (Lipinski definition) is 2. The first kappa shape index (κ1) is 5.16. The highest BCUT2D eigenvalue weighted by Gasteiger charge is 1.84. The molecule has 8 heavy (non-hydrogen) atoms. The van der Waals surface area contributed by atoms with E-state index >= 15 is 0 Å². The van der Waals surface area contributed by atoms with E-state index < -0.39 is 0 Å². The smallest absolute Gasteiger partial charge is 0.164 e. The van der Waals surface area contributed by atoms with Crippen LogP contribution in [-0.4, -0.2) is 17.9 Å². The van der Waals surface area contributed by atoms with Crippen LogP contribution in [0.15, 0.2) is 18.3 Å². The molecule has 0 saturated heterocycles. The zero-order chi connectivity index (χ0) is 5.98. The lowest BCUT2D eigenvalue weighted by Crippen LogP contribution is -2.04. The van der Waals surface area contributed by atoms with Gasteiger partial charge in [-0.2, -0.15) is 0 Å². The van der Waals surface area contributed by atoms with Gasteiger partial charge in [0.2, 0.25) is 0 Å². The fourth-order valence-electron chi connectivity index (χ4n) is 0.531. The minimum Gasteiger partial charge on any atom is -0.508 e. The van der Waals surface area contributed by atoms with Gasteiger partial charge < -0.3 is 5.11 Å². The molecule has 1 aromatic rings. The lowest BCUT2D eigenvalue weighted by molar-refractivity contribution is 0.475. The number of aromatic nitrogens is 1. The van der Waals surface area contributed by atoms with Gasteiger partial charge in [0.25, 0.3) is 0 Å². The van der Waals surface area contributed by atoms with E-state index in [0.29, 0.717) is 0 Å². The third-order valence-electron chi connectivity index (χ3n) is 0.880. The molecule has 0 aliphatic heterocycles. The SMILES string of the molecule is Bc1cc(O)ccn1. The predicted molar refractivity (Wildman–Crippen MR) is 34.1 cm³/mol. The van der Waals surface area contributed by atoms with Gasteiger partial charge in [-0.05, 0) is 17.7 Å². The Hall–Kier alpha value is -0.985. The normalized spacial score (nSPS) is 9.00. The summed E-state index contributed by atoms with van der Waals surface area (Å²) in [6.07, 6.45) is 1.57. The third-order valence-corrected chi connectivity index (χ3v) is 0.880. The molecule has 2 nitrogen and oxygen atoms in total. The highest BCUT2D eigenvalue weighted by Crippen LogP contribution is 1.98. The van der Waals surface area contributed by atoms with Crippen LogP contribution in [0.4, 0.5) is 0 Å². The van der Waals surface area contributed by atoms with Crippen molar-refractivity contribution in [3.63, 3.8) is 0 Å². The number of hydrogen-bond donors (Lipinski definition) is 1. The molecular weight excluding hydrogens is 101 g/mol. The zero-order valence-electron chi connectivity index (χ0n) is 4.63. The van der Waals surface area contributed by atoms with Crippen molar-refractivity contribution in [3.05, 3.63) is 18.3 Å². The summed E-state index contributed by atoms with van der Waals surface area (Å²) in [6.45, 7) is 0. The molecule has 0 aliphatic carbocycles. The molecule has 0 bridgehead atoms. The van der Waals surface area contributed by atoms with E-state index in [0.717, 1.165) is 5.59 Å². The molecule has 0 aromatic carbocycles. The second kappa shape index (κ2) is 1.86. The molecule has 0 spiro atoms. The Balaban J connectivity index is 3.08. The van der Waals surface area contributed by atoms with Gasteiger partial charge in [-0.3, -0.25) is 4.98 Å². The number of pyridine rings is 1. The molecular formula is C5H6BNO. The predicted octanol–water partition coefficient (Wildman–Crippen LogP) is -0.954. The second-order valence-corrected chi connectivity index (χ2v) is 1.66. The molecule has 1 N–H and O–H groups in total. The third kappa shape index (κ3) is 0.995. The Bertz CT molecular complexity index is 172. The van der Waals surface area contributed by atoms with Crippen molar-refractivity contribution in [2.45, 2.75) is 0 Å². The molecule has 0 aliphatic rings. The van der Waals surface area contributed by atoms with Crippen LogP contribution in [0.25, 0.3) is 0 Å². The number of nitrogens with zero attached hydrogens (tertiary/aromatic N) is 1. The molecule has 40 valence electrons. The Morgan fingerprint density at radius 2 is 2.38 bits per heavy atom. The van der Waals surface area contributed by atoms with Crippen LogP contribution >= 0.6 is 0 Å². The second-order valence-electron chi connectivity index (χ2n) is 1.66. The minimum atomic E-state index is 0.275. The monoisotopic (exact) mass is 107 g/mol. The van der Waals surface area contributed by atoms with Gasteiger partial charge in [-0.25, -0.2) is 0 Å². The summed E-state index contributed by atoms with van der Waals surface area (Å²) >= 11 is 0. The van der Waals surface area contributed by atoms with Gasteiger partial charge in [0.05, 0.1) is 0 Å². The number of rotatable bonds is 0. The first-order valence-electron chi connectivity index (χ1n) is 2.40. The van der Waals surface area contributed by atoms with Crippen molar-refractivity contribution in [2.75, 3.05) is 0 Å². The summed E-state index contributed by atoms with van der Waals surface area (Å²) in [5, 5.41) is 8.77. The number of aromatic hydroxyl groups is 1. The van der Waals surface area contributed by atoms with E-state index in [9.17, 15) is 0 Å². The van der Waals surface area contributed by atoms with Gasteiger partial charge in [-0.1, -0.05) is 0 Å². The maximum Gasteiger partial charge on any atom is 0.164 e. The van der Waals surface area contributed by atoms with Gasteiger partial charge >= 0.3 is 0 Å². The van der Waals surface area contributed by atoms with Gasteiger partial charge in [0.15, 0.2) is 7.85 Å². The molecule has 0 atom stereocenters. The van der Waals surface area contributed by atoms with E-state index in [4.69, 9.17) is 5.11 Å². The van der Waals surface area contributed by atoms with Crippen molar-refractivity contribution in [1.29, 1.82) is 0 Å². The van der Waals surface area contributed by atoms with E-state index in [-0.39, 0.29) is 5.75 Å². The molecule has 3 heteroatoms. The van der Waals surface area contributed by atoms with Crippen LogP contribution in [0, 0.1) is 0 Å². The minimum absolute atomic E-state index is 0.275. The van der Waals surface area contributed by atoms with Crippen LogP contribution in [0.1, 0.15) is 0 Å². The van der Waals surface area contributed by atoms with Crippen molar-refractivity contribution >= 4 is 13.4 Å². The largest absolute Gasteiger partial charge is 0.508 e. The van der Waals surface area contributed by atoms with Crippen molar-refractivity contribution < 1.29 is 5.11 Å². The molecule has 0 fully saturated rings. The van der Waals surface area contributed by atoms with Crippen molar-refractivity contribution in [3.8, 4) is 5.75 Å². The molecule has 1 heterocycles. The molecule has 0 unspecified atom stereocenters. The summed E-state index contributed by atoms with van der Waals surface area (Å²) in [5.74, 6) is 0.275. The van der Waals surface area contributed by atoms with Crippen LogP contribution in [0.3, 0.4) is 0 Å². The Morgan fingerprint density at radius 1 is 1.62 bits per heavy atom.